The second kappa shape index (κ2) is 9.54. The molecule has 2 N–H and O–H groups in total. The van der Waals surface area contributed by atoms with Crippen LogP contribution in [0.3, 0.4) is 0 Å². The first-order valence-corrected chi connectivity index (χ1v) is 10.2. The zero-order chi connectivity index (χ0) is 20.8. The van der Waals surface area contributed by atoms with Crippen molar-refractivity contribution in [1.29, 1.82) is 0 Å². The zero-order valence-electron chi connectivity index (χ0n) is 17.0. The summed E-state index contributed by atoms with van der Waals surface area (Å²) in [6, 6.07) is 13.5. The Morgan fingerprint density at radius 3 is 2.69 bits per heavy atom. The molecule has 1 aliphatic heterocycles. The second-order valence-corrected chi connectivity index (χ2v) is 7.49. The number of nitrogens with zero attached hydrogens (tertiary/aromatic N) is 1. The second-order valence-electron chi connectivity index (χ2n) is 7.49. The third-order valence-corrected chi connectivity index (χ3v) is 5.37. The van der Waals surface area contributed by atoms with E-state index >= 15 is 0 Å². The van der Waals surface area contributed by atoms with Gasteiger partial charge in [-0.3, -0.25) is 4.79 Å². The van der Waals surface area contributed by atoms with Gasteiger partial charge in [-0.05, 0) is 62.1 Å². The Labute approximate surface area is 171 Å². The van der Waals surface area contributed by atoms with E-state index in [9.17, 15) is 14.0 Å². The Balaban J connectivity index is 1.67. The van der Waals surface area contributed by atoms with Crippen LogP contribution in [0, 0.1) is 5.82 Å². The van der Waals surface area contributed by atoms with Crippen molar-refractivity contribution in [2.24, 2.45) is 0 Å². The van der Waals surface area contributed by atoms with Gasteiger partial charge in [0.25, 0.3) is 5.91 Å². The van der Waals surface area contributed by atoms with E-state index in [4.69, 9.17) is 0 Å². The van der Waals surface area contributed by atoms with Gasteiger partial charge in [-0.2, -0.15) is 0 Å². The van der Waals surface area contributed by atoms with E-state index in [1.165, 1.54) is 12.1 Å². The number of amides is 3. The fourth-order valence-corrected chi connectivity index (χ4v) is 3.75. The Kier molecular flexibility index (Phi) is 6.86. The predicted octanol–water partition coefficient (Wildman–Crippen LogP) is 4.23. The summed E-state index contributed by atoms with van der Waals surface area (Å²) in [6.45, 7) is 5.82. The minimum Gasteiger partial charge on any atom is -0.346 e. The summed E-state index contributed by atoms with van der Waals surface area (Å²) in [5, 5.41) is 5.83. The van der Waals surface area contributed by atoms with Crippen molar-refractivity contribution in [3.8, 4) is 0 Å². The molecule has 1 aliphatic rings. The smallest absolute Gasteiger partial charge is 0.317 e. The Morgan fingerprint density at radius 1 is 1.21 bits per heavy atom. The third kappa shape index (κ3) is 5.34. The van der Waals surface area contributed by atoms with Crippen molar-refractivity contribution < 1.29 is 14.0 Å². The van der Waals surface area contributed by atoms with E-state index in [1.54, 1.807) is 18.2 Å². The zero-order valence-corrected chi connectivity index (χ0v) is 17.0. The number of benzene rings is 2. The van der Waals surface area contributed by atoms with E-state index in [-0.39, 0.29) is 29.7 Å². The van der Waals surface area contributed by atoms with Gasteiger partial charge in [-0.1, -0.05) is 24.3 Å². The largest absolute Gasteiger partial charge is 0.346 e. The predicted molar refractivity (Wildman–Crippen MR) is 111 cm³/mol. The number of rotatable bonds is 5. The molecule has 6 heteroatoms. The molecule has 0 saturated carbocycles. The summed E-state index contributed by atoms with van der Waals surface area (Å²) >= 11 is 0. The lowest BCUT2D eigenvalue weighted by Crippen LogP contribution is -2.44. The highest BCUT2D eigenvalue weighted by molar-refractivity contribution is 5.94. The summed E-state index contributed by atoms with van der Waals surface area (Å²) in [6.07, 6.45) is 1.94. The summed E-state index contributed by atoms with van der Waals surface area (Å²) in [4.78, 5) is 26.7. The van der Waals surface area contributed by atoms with Crippen molar-refractivity contribution in [2.75, 3.05) is 19.6 Å². The molecule has 3 amide bonds. The van der Waals surface area contributed by atoms with Gasteiger partial charge in [0.05, 0.1) is 6.04 Å². The van der Waals surface area contributed by atoms with Crippen molar-refractivity contribution in [2.45, 2.75) is 38.6 Å². The number of carbonyl (C=O) groups excluding carboxylic acids is 2. The summed E-state index contributed by atoms with van der Waals surface area (Å²) in [5.74, 6) is -0.247. The maximum atomic E-state index is 13.1. The normalized spacial score (nSPS) is 17.5. The summed E-state index contributed by atoms with van der Waals surface area (Å²) in [7, 11) is 0. The molecule has 1 fully saturated rings. The van der Waals surface area contributed by atoms with Crippen LogP contribution >= 0.6 is 0 Å². The molecule has 5 nitrogen and oxygen atoms in total. The molecule has 2 aromatic rings. The van der Waals surface area contributed by atoms with Gasteiger partial charge in [0.2, 0.25) is 0 Å². The molecule has 0 radical (unpaired) electrons. The maximum absolute atomic E-state index is 13.1. The molecular weight excluding hydrogens is 369 g/mol. The lowest BCUT2D eigenvalue weighted by Gasteiger charge is -2.33. The molecule has 1 saturated heterocycles. The molecule has 29 heavy (non-hydrogen) atoms. The van der Waals surface area contributed by atoms with Crippen LogP contribution in [0.1, 0.15) is 60.1 Å². The van der Waals surface area contributed by atoms with Gasteiger partial charge in [0.1, 0.15) is 5.82 Å². The number of carbonyl (C=O) groups is 2. The SMILES string of the molecule is CCNC(=O)N1CCC[C@H](c2cccc(C(=O)N[C@H](C)c3ccc(F)cc3)c2)C1. The first-order valence-electron chi connectivity index (χ1n) is 10.2. The molecule has 1 heterocycles. The van der Waals surface area contributed by atoms with Crippen LogP contribution in [0.4, 0.5) is 9.18 Å². The fraction of sp³-hybridized carbons (Fsp3) is 0.391. The number of hydrogen-bond acceptors (Lipinski definition) is 2. The monoisotopic (exact) mass is 397 g/mol. The molecule has 154 valence electrons. The van der Waals surface area contributed by atoms with E-state index < -0.39 is 0 Å². The lowest BCUT2D eigenvalue weighted by molar-refractivity contribution is 0.0939. The Bertz CT molecular complexity index is 853. The minimum absolute atomic E-state index is 0.0285. The van der Waals surface area contributed by atoms with Gasteiger partial charge in [-0.15, -0.1) is 0 Å². The number of hydrogen-bond donors (Lipinski definition) is 2. The molecule has 0 bridgehead atoms. The third-order valence-electron chi connectivity index (χ3n) is 5.37. The van der Waals surface area contributed by atoms with Crippen LogP contribution in [0.5, 0.6) is 0 Å². The van der Waals surface area contributed by atoms with Crippen LogP contribution in [-0.4, -0.2) is 36.5 Å². The fourth-order valence-electron chi connectivity index (χ4n) is 3.75. The molecule has 3 rings (SSSR count). The van der Waals surface area contributed by atoms with E-state index in [0.717, 1.165) is 30.5 Å². The van der Waals surface area contributed by atoms with Gasteiger partial charge >= 0.3 is 6.03 Å². The highest BCUT2D eigenvalue weighted by atomic mass is 19.1. The van der Waals surface area contributed by atoms with Gasteiger partial charge in [-0.25, -0.2) is 9.18 Å². The molecule has 2 atom stereocenters. The minimum atomic E-state index is -0.297. The summed E-state index contributed by atoms with van der Waals surface area (Å²) < 4.78 is 13.1. The number of piperidine rings is 1. The van der Waals surface area contributed by atoms with E-state index in [0.29, 0.717) is 18.7 Å². The van der Waals surface area contributed by atoms with E-state index in [2.05, 4.69) is 10.6 Å². The first kappa shape index (κ1) is 20.8. The highest BCUT2D eigenvalue weighted by Crippen LogP contribution is 2.27. The average Bonchev–Trinajstić information content (AvgIpc) is 2.74. The molecule has 0 unspecified atom stereocenters. The molecule has 0 aliphatic carbocycles. The number of halogens is 1. The standard InChI is InChI=1S/C23H28FN3O2/c1-3-25-23(29)27-13-5-8-20(15-27)18-6-4-7-19(14-18)22(28)26-16(2)17-9-11-21(24)12-10-17/h4,6-7,9-12,14,16,20H,3,5,8,13,15H2,1-2H3,(H,25,29)(H,26,28)/t16-,20+/m1/s1. The van der Waals surface area contributed by atoms with Crippen LogP contribution in [0.15, 0.2) is 48.5 Å². The van der Waals surface area contributed by atoms with Gasteiger partial charge < -0.3 is 15.5 Å². The topological polar surface area (TPSA) is 61.4 Å². The van der Waals surface area contributed by atoms with E-state index in [1.807, 2.05) is 36.9 Å². The van der Waals surface area contributed by atoms with Crippen LogP contribution in [-0.2, 0) is 0 Å². The van der Waals surface area contributed by atoms with Crippen molar-refractivity contribution in [3.63, 3.8) is 0 Å². The maximum Gasteiger partial charge on any atom is 0.317 e. The number of likely N-dealkylation sites (tertiary alicyclic amines) is 1. The molecular formula is C23H28FN3O2. The Morgan fingerprint density at radius 2 is 1.97 bits per heavy atom. The number of nitrogens with one attached hydrogen (secondary N) is 2. The van der Waals surface area contributed by atoms with Gasteiger partial charge in [0, 0.05) is 31.1 Å². The van der Waals surface area contributed by atoms with Crippen LogP contribution in [0.2, 0.25) is 0 Å². The van der Waals surface area contributed by atoms with Gasteiger partial charge in [0.15, 0.2) is 0 Å². The summed E-state index contributed by atoms with van der Waals surface area (Å²) in [5.41, 5.74) is 2.51. The lowest BCUT2D eigenvalue weighted by atomic mass is 9.89. The highest BCUT2D eigenvalue weighted by Gasteiger charge is 2.25. The van der Waals surface area contributed by atoms with Crippen molar-refractivity contribution in [3.05, 3.63) is 71.0 Å². The molecule has 2 aromatic carbocycles. The van der Waals surface area contributed by atoms with Crippen molar-refractivity contribution >= 4 is 11.9 Å². The Hall–Kier alpha value is -2.89. The quantitative estimate of drug-likeness (QED) is 0.793. The van der Waals surface area contributed by atoms with Crippen LogP contribution < -0.4 is 10.6 Å². The average molecular weight is 397 g/mol. The molecule has 0 spiro atoms. The van der Waals surface area contributed by atoms with Crippen LogP contribution in [0.25, 0.3) is 0 Å². The first-order chi connectivity index (χ1) is 14.0. The van der Waals surface area contributed by atoms with Crippen molar-refractivity contribution in [1.82, 2.24) is 15.5 Å². The molecule has 0 aromatic heterocycles. The number of urea groups is 1.